The van der Waals surface area contributed by atoms with Crippen LogP contribution in [0.1, 0.15) is 48.7 Å². The van der Waals surface area contributed by atoms with Crippen LogP contribution in [0.4, 0.5) is 31.1 Å². The fourth-order valence-electron chi connectivity index (χ4n) is 2.21. The SMILES string of the molecule is CNC(=O)S.COCC(=O)[C@H](C)NC(=O)CC(C)C.O=Cc1c(C(F)(F)F)cccc1C(F)(F)F. The number of halogens is 6. The van der Waals surface area contributed by atoms with Crippen LogP contribution in [0.2, 0.25) is 0 Å². The molecule has 1 aromatic rings. The van der Waals surface area contributed by atoms with Gasteiger partial charge in [0.2, 0.25) is 5.91 Å². The van der Waals surface area contributed by atoms with Crippen molar-refractivity contribution in [3.05, 3.63) is 34.9 Å². The minimum atomic E-state index is -4.99. The van der Waals surface area contributed by atoms with E-state index in [1.165, 1.54) is 14.2 Å². The number of amides is 2. The van der Waals surface area contributed by atoms with Crippen LogP contribution in [0.3, 0.4) is 0 Å². The molecule has 14 heteroatoms. The van der Waals surface area contributed by atoms with E-state index in [0.29, 0.717) is 30.5 Å². The summed E-state index contributed by atoms with van der Waals surface area (Å²) in [5.41, 5.74) is -4.56. The van der Waals surface area contributed by atoms with Gasteiger partial charge in [0.25, 0.3) is 5.24 Å². The van der Waals surface area contributed by atoms with Gasteiger partial charge in [0.1, 0.15) is 6.61 Å². The number of hydrogen-bond acceptors (Lipinski definition) is 5. The lowest BCUT2D eigenvalue weighted by atomic mass is 10.0. The van der Waals surface area contributed by atoms with E-state index < -0.39 is 41.4 Å². The Bertz CT molecular complexity index is 812. The summed E-state index contributed by atoms with van der Waals surface area (Å²) < 4.78 is 78.4. The summed E-state index contributed by atoms with van der Waals surface area (Å²) in [7, 11) is 2.98. The van der Waals surface area contributed by atoms with Gasteiger partial charge in [-0.05, 0) is 25.0 Å². The van der Waals surface area contributed by atoms with Gasteiger partial charge in [0.15, 0.2) is 12.1 Å². The number of rotatable bonds is 7. The van der Waals surface area contributed by atoms with Crippen LogP contribution in [-0.2, 0) is 26.7 Å². The highest BCUT2D eigenvalue weighted by molar-refractivity contribution is 7.96. The second kappa shape index (κ2) is 16.1. The van der Waals surface area contributed by atoms with Crippen molar-refractivity contribution in [1.82, 2.24) is 10.6 Å². The molecule has 2 amide bonds. The Morgan fingerprint density at radius 3 is 1.74 bits per heavy atom. The van der Waals surface area contributed by atoms with E-state index >= 15 is 0 Å². The molecule has 0 aliphatic heterocycles. The molecule has 2 N–H and O–H groups in total. The van der Waals surface area contributed by atoms with Crippen LogP contribution < -0.4 is 10.6 Å². The first-order valence-electron chi connectivity index (χ1n) is 9.86. The molecule has 7 nitrogen and oxygen atoms in total. The summed E-state index contributed by atoms with van der Waals surface area (Å²) in [6.45, 7) is 5.63. The quantitative estimate of drug-likeness (QED) is 0.271. The molecule has 0 saturated carbocycles. The lowest BCUT2D eigenvalue weighted by Crippen LogP contribution is -2.40. The zero-order chi connectivity index (χ0) is 28.0. The molecule has 1 atom stereocenters. The van der Waals surface area contributed by atoms with Crippen LogP contribution in [0.5, 0.6) is 0 Å². The minimum Gasteiger partial charge on any atom is -0.377 e. The smallest absolute Gasteiger partial charge is 0.377 e. The maximum absolute atomic E-state index is 12.3. The monoisotopic (exact) mass is 534 g/mol. The third-order valence-electron chi connectivity index (χ3n) is 3.79. The molecule has 0 bridgehead atoms. The van der Waals surface area contributed by atoms with Crippen molar-refractivity contribution in [2.45, 2.75) is 45.6 Å². The summed E-state index contributed by atoms with van der Waals surface area (Å²) in [5, 5.41) is 4.58. The van der Waals surface area contributed by atoms with Crippen LogP contribution in [0.25, 0.3) is 0 Å². The van der Waals surface area contributed by atoms with Crippen molar-refractivity contribution in [1.29, 1.82) is 0 Å². The van der Waals surface area contributed by atoms with E-state index in [0.717, 1.165) is 0 Å². The number of aldehydes is 1. The molecule has 35 heavy (non-hydrogen) atoms. The Balaban J connectivity index is 0. The van der Waals surface area contributed by atoms with Gasteiger partial charge in [-0.3, -0.25) is 19.2 Å². The van der Waals surface area contributed by atoms with E-state index in [1.807, 2.05) is 13.8 Å². The minimum absolute atomic E-state index is 0.0448. The highest BCUT2D eigenvalue weighted by Crippen LogP contribution is 2.38. The zero-order valence-electron chi connectivity index (χ0n) is 19.6. The Morgan fingerprint density at radius 1 is 1.03 bits per heavy atom. The fraction of sp³-hybridized carbons (Fsp3) is 0.524. The van der Waals surface area contributed by atoms with Gasteiger partial charge in [-0.1, -0.05) is 32.5 Å². The summed E-state index contributed by atoms with van der Waals surface area (Å²) >= 11 is 3.35. The summed E-state index contributed by atoms with van der Waals surface area (Å²) in [6.07, 6.45) is -9.97. The predicted octanol–water partition coefficient (Wildman–Crippen LogP) is 4.55. The lowest BCUT2D eigenvalue weighted by molar-refractivity contribution is -0.143. The van der Waals surface area contributed by atoms with Gasteiger partial charge in [0.05, 0.1) is 17.2 Å². The lowest BCUT2D eigenvalue weighted by Gasteiger charge is -2.14. The second-order valence-corrected chi connectivity index (χ2v) is 7.63. The maximum atomic E-state index is 12.3. The number of Topliss-reactive ketones (excluding diaryl/α,β-unsaturated/α-hetero) is 1. The molecule has 0 saturated heterocycles. The number of methoxy groups -OCH3 is 1. The van der Waals surface area contributed by atoms with Crippen molar-refractivity contribution in [3.63, 3.8) is 0 Å². The Hall–Kier alpha value is -2.61. The fourth-order valence-corrected chi connectivity index (χ4v) is 2.21. The van der Waals surface area contributed by atoms with Gasteiger partial charge < -0.3 is 15.4 Å². The molecular formula is C21H28F6N2O5S. The van der Waals surface area contributed by atoms with E-state index in [-0.39, 0.29) is 23.5 Å². The molecule has 0 aliphatic rings. The average molecular weight is 535 g/mol. The van der Waals surface area contributed by atoms with Gasteiger partial charge in [-0.2, -0.15) is 26.3 Å². The second-order valence-electron chi connectivity index (χ2n) is 7.22. The normalized spacial score (nSPS) is 11.8. The Kier molecular flexibility index (Phi) is 15.9. The summed E-state index contributed by atoms with van der Waals surface area (Å²) in [4.78, 5) is 42.4. The molecule has 0 spiro atoms. The topological polar surface area (TPSA) is 102 Å². The first kappa shape index (κ1) is 34.6. The molecule has 0 unspecified atom stereocenters. The Labute approximate surface area is 204 Å². The Morgan fingerprint density at radius 2 is 1.46 bits per heavy atom. The molecule has 1 rings (SSSR count). The van der Waals surface area contributed by atoms with Gasteiger partial charge in [-0.25, -0.2) is 0 Å². The van der Waals surface area contributed by atoms with Crippen LogP contribution in [0.15, 0.2) is 18.2 Å². The number of hydrogen-bond donors (Lipinski definition) is 3. The maximum Gasteiger partial charge on any atom is 0.417 e. The van der Waals surface area contributed by atoms with Crippen molar-refractivity contribution in [3.8, 4) is 0 Å². The number of nitrogens with one attached hydrogen (secondary N) is 2. The number of thiol groups is 1. The number of benzene rings is 1. The molecule has 0 heterocycles. The van der Waals surface area contributed by atoms with Gasteiger partial charge in [0, 0.05) is 26.1 Å². The molecule has 1 aromatic carbocycles. The molecule has 0 fully saturated rings. The van der Waals surface area contributed by atoms with Gasteiger partial charge >= 0.3 is 12.4 Å². The highest BCUT2D eigenvalue weighted by Gasteiger charge is 2.40. The average Bonchev–Trinajstić information content (AvgIpc) is 2.72. The van der Waals surface area contributed by atoms with E-state index in [9.17, 15) is 45.5 Å². The predicted molar refractivity (Wildman–Crippen MR) is 119 cm³/mol. The first-order chi connectivity index (χ1) is 15.9. The number of carbonyl (C=O) groups excluding carboxylic acids is 4. The van der Waals surface area contributed by atoms with E-state index in [4.69, 9.17) is 0 Å². The van der Waals surface area contributed by atoms with E-state index in [2.05, 4.69) is 28.0 Å². The first-order valence-corrected chi connectivity index (χ1v) is 10.3. The standard InChI is InChI=1S/C10H19NO3.C9H4F6O.C2H5NOS/c1-7(2)5-10(13)11-8(3)9(12)6-14-4;10-8(11,12)6-2-1-3-7(5(6)4-16)9(13,14)15;1-3-2(4)5/h7-8H,5-6H2,1-4H3,(H,11,13);1-4H;1H3,(H2,3,4,5)/t8-;;/m0../s1. The zero-order valence-corrected chi connectivity index (χ0v) is 20.5. The van der Waals surface area contributed by atoms with Crippen molar-refractivity contribution in [2.24, 2.45) is 5.92 Å². The highest BCUT2D eigenvalue weighted by atomic mass is 32.1. The van der Waals surface area contributed by atoms with Crippen LogP contribution in [0, 0.1) is 5.92 Å². The largest absolute Gasteiger partial charge is 0.417 e. The van der Waals surface area contributed by atoms with Crippen molar-refractivity contribution < 1.29 is 50.3 Å². The molecule has 0 aromatic heterocycles. The summed E-state index contributed by atoms with van der Waals surface area (Å²) in [5.74, 6) is 0.112. The molecule has 0 radical (unpaired) electrons. The number of ketones is 1. The summed E-state index contributed by atoms with van der Waals surface area (Å²) in [6, 6.07) is 1.01. The number of ether oxygens (including phenoxy) is 1. The number of alkyl halides is 6. The van der Waals surface area contributed by atoms with Crippen LogP contribution >= 0.6 is 12.6 Å². The van der Waals surface area contributed by atoms with Crippen LogP contribution in [-0.4, -0.2) is 50.0 Å². The van der Waals surface area contributed by atoms with Crippen molar-refractivity contribution >= 4 is 35.8 Å². The third-order valence-corrected chi connectivity index (χ3v) is 4.01. The number of carbonyl (C=O) groups is 4. The molecule has 0 aliphatic carbocycles. The molecular weight excluding hydrogens is 506 g/mol. The van der Waals surface area contributed by atoms with E-state index in [1.54, 1.807) is 6.92 Å². The third kappa shape index (κ3) is 15.1. The molecule has 200 valence electrons. The van der Waals surface area contributed by atoms with Crippen molar-refractivity contribution in [2.75, 3.05) is 20.8 Å². The van der Waals surface area contributed by atoms with Gasteiger partial charge in [-0.15, -0.1) is 0 Å².